The van der Waals surface area contributed by atoms with Crippen LogP contribution in [0.25, 0.3) is 0 Å². The molecular weight excluding hydrogens is 528 g/mol. The summed E-state index contributed by atoms with van der Waals surface area (Å²) < 4.78 is 31.9. The molecule has 1 saturated heterocycles. The predicted octanol–water partition coefficient (Wildman–Crippen LogP) is 4.12. The van der Waals surface area contributed by atoms with E-state index in [-0.39, 0.29) is 19.1 Å². The first-order valence-electron chi connectivity index (χ1n) is 13.2. The summed E-state index contributed by atoms with van der Waals surface area (Å²) in [5.74, 6) is 0.150. The summed E-state index contributed by atoms with van der Waals surface area (Å²) in [6.45, 7) is 3.72. The van der Waals surface area contributed by atoms with Crippen molar-refractivity contribution >= 4 is 33.7 Å². The Morgan fingerprint density at radius 1 is 0.975 bits per heavy atom. The fourth-order valence-electron chi connectivity index (χ4n) is 4.38. The van der Waals surface area contributed by atoms with Gasteiger partial charge in [-0.15, -0.1) is 0 Å². The number of hydrazone groups is 1. The molecule has 10 heteroatoms. The highest BCUT2D eigenvalue weighted by atomic mass is 32.2. The SMILES string of the molecule is Cc1ccccc1CN(c1ccc(C(=O)N/N=C\c2ccc(OCC(=O)N3CCCCC3)cc2)cc1)S(C)(=O)=O. The van der Waals surface area contributed by atoms with Crippen molar-refractivity contribution in [3.63, 3.8) is 0 Å². The van der Waals surface area contributed by atoms with Gasteiger partial charge in [0.25, 0.3) is 11.8 Å². The number of amides is 2. The summed E-state index contributed by atoms with van der Waals surface area (Å²) in [5.41, 5.74) is 5.92. The molecule has 2 amide bonds. The van der Waals surface area contributed by atoms with Crippen LogP contribution in [-0.2, 0) is 21.4 Å². The van der Waals surface area contributed by atoms with Gasteiger partial charge in [-0.05, 0) is 91.4 Å². The Bertz CT molecular complexity index is 1450. The van der Waals surface area contributed by atoms with E-state index in [0.717, 1.165) is 48.9 Å². The summed E-state index contributed by atoms with van der Waals surface area (Å²) in [5, 5.41) is 4.01. The lowest BCUT2D eigenvalue weighted by Crippen LogP contribution is -2.38. The van der Waals surface area contributed by atoms with Crippen LogP contribution in [0.4, 0.5) is 5.69 Å². The molecule has 1 aliphatic rings. The number of nitrogens with zero attached hydrogens (tertiary/aromatic N) is 3. The molecule has 0 atom stereocenters. The fraction of sp³-hybridized carbons (Fsp3) is 0.300. The number of carbonyl (C=O) groups excluding carboxylic acids is 2. The van der Waals surface area contributed by atoms with E-state index in [1.54, 1.807) is 48.5 Å². The number of benzene rings is 3. The minimum absolute atomic E-state index is 0.00333. The average Bonchev–Trinajstić information content (AvgIpc) is 2.96. The lowest BCUT2D eigenvalue weighted by atomic mass is 10.1. The molecule has 0 aromatic heterocycles. The van der Waals surface area contributed by atoms with Gasteiger partial charge in [0, 0.05) is 18.7 Å². The third-order valence-electron chi connectivity index (χ3n) is 6.72. The van der Waals surface area contributed by atoms with Gasteiger partial charge in [-0.2, -0.15) is 5.10 Å². The number of hydrogen-bond acceptors (Lipinski definition) is 6. The first kappa shape index (κ1) is 28.8. The van der Waals surface area contributed by atoms with Crippen molar-refractivity contribution in [1.82, 2.24) is 10.3 Å². The number of anilines is 1. The molecular formula is C30H34N4O5S. The van der Waals surface area contributed by atoms with Crippen LogP contribution in [0.1, 0.15) is 46.3 Å². The lowest BCUT2D eigenvalue weighted by Gasteiger charge is -2.26. The zero-order valence-corrected chi connectivity index (χ0v) is 23.6. The van der Waals surface area contributed by atoms with Crippen molar-refractivity contribution in [2.24, 2.45) is 5.10 Å². The van der Waals surface area contributed by atoms with Crippen LogP contribution in [0.5, 0.6) is 5.75 Å². The molecule has 0 unspecified atom stereocenters. The maximum absolute atomic E-state index is 12.6. The summed E-state index contributed by atoms with van der Waals surface area (Å²) in [6, 6.07) is 21.0. The van der Waals surface area contributed by atoms with E-state index >= 15 is 0 Å². The number of sulfonamides is 1. The summed E-state index contributed by atoms with van der Waals surface area (Å²) >= 11 is 0. The van der Waals surface area contributed by atoms with Crippen LogP contribution < -0.4 is 14.5 Å². The van der Waals surface area contributed by atoms with Gasteiger partial charge >= 0.3 is 0 Å². The molecule has 0 spiro atoms. The predicted molar refractivity (Wildman–Crippen MR) is 156 cm³/mol. The van der Waals surface area contributed by atoms with Crippen LogP contribution in [0.2, 0.25) is 0 Å². The largest absolute Gasteiger partial charge is 0.484 e. The van der Waals surface area contributed by atoms with E-state index in [4.69, 9.17) is 4.74 Å². The van der Waals surface area contributed by atoms with Gasteiger partial charge in [0.2, 0.25) is 10.0 Å². The van der Waals surface area contributed by atoms with E-state index in [1.165, 1.54) is 16.9 Å². The second-order valence-electron chi connectivity index (χ2n) is 9.74. The number of piperidine rings is 1. The normalized spacial score (nSPS) is 13.7. The summed E-state index contributed by atoms with van der Waals surface area (Å²) in [4.78, 5) is 26.7. The van der Waals surface area contributed by atoms with Crippen molar-refractivity contribution in [2.45, 2.75) is 32.7 Å². The Kier molecular flexibility index (Phi) is 9.55. The zero-order chi connectivity index (χ0) is 28.5. The van der Waals surface area contributed by atoms with E-state index in [9.17, 15) is 18.0 Å². The Balaban J connectivity index is 1.30. The molecule has 0 saturated carbocycles. The van der Waals surface area contributed by atoms with Crippen molar-refractivity contribution in [1.29, 1.82) is 0 Å². The quantitative estimate of drug-likeness (QED) is 0.296. The van der Waals surface area contributed by atoms with E-state index < -0.39 is 15.9 Å². The molecule has 1 N–H and O–H groups in total. The van der Waals surface area contributed by atoms with Gasteiger partial charge in [-0.3, -0.25) is 13.9 Å². The standard InChI is InChI=1S/C30H34N4O5S/c1-23-8-4-5-9-26(23)21-34(40(2,37)38)27-14-12-25(13-15-27)30(36)32-31-20-24-10-16-28(17-11-24)39-22-29(35)33-18-6-3-7-19-33/h4-5,8-17,20H,3,6-7,18-19,21-22H2,1-2H3,(H,32,36)/b31-20-. The number of aryl methyl sites for hydroxylation is 1. The fourth-order valence-corrected chi connectivity index (χ4v) is 5.26. The Labute approximate surface area is 235 Å². The number of hydrogen-bond donors (Lipinski definition) is 1. The number of ether oxygens (including phenoxy) is 1. The molecule has 0 aliphatic carbocycles. The average molecular weight is 563 g/mol. The number of likely N-dealkylation sites (tertiary alicyclic amines) is 1. The van der Waals surface area contributed by atoms with Gasteiger partial charge in [-0.25, -0.2) is 13.8 Å². The van der Waals surface area contributed by atoms with Crippen LogP contribution in [-0.4, -0.2) is 57.3 Å². The number of rotatable bonds is 10. The monoisotopic (exact) mass is 562 g/mol. The molecule has 9 nitrogen and oxygen atoms in total. The molecule has 3 aromatic rings. The Morgan fingerprint density at radius 3 is 2.30 bits per heavy atom. The molecule has 0 radical (unpaired) electrons. The van der Waals surface area contributed by atoms with Gasteiger partial charge in [0.1, 0.15) is 5.75 Å². The van der Waals surface area contributed by atoms with Crippen LogP contribution >= 0.6 is 0 Å². The molecule has 4 rings (SSSR count). The Hall–Kier alpha value is -4.18. The zero-order valence-electron chi connectivity index (χ0n) is 22.7. The van der Waals surface area contributed by atoms with Crippen molar-refractivity contribution in [3.8, 4) is 5.75 Å². The molecule has 3 aromatic carbocycles. The molecule has 40 heavy (non-hydrogen) atoms. The van der Waals surface area contributed by atoms with Crippen molar-refractivity contribution < 1.29 is 22.7 Å². The van der Waals surface area contributed by atoms with Crippen molar-refractivity contribution in [2.75, 3.05) is 30.3 Å². The third kappa shape index (κ3) is 7.92. The van der Waals surface area contributed by atoms with Crippen LogP contribution in [0, 0.1) is 6.92 Å². The third-order valence-corrected chi connectivity index (χ3v) is 7.86. The number of nitrogens with one attached hydrogen (secondary N) is 1. The second-order valence-corrected chi connectivity index (χ2v) is 11.6. The number of carbonyl (C=O) groups is 2. The Morgan fingerprint density at radius 2 is 1.65 bits per heavy atom. The topological polar surface area (TPSA) is 108 Å². The van der Waals surface area contributed by atoms with E-state index in [0.29, 0.717) is 17.0 Å². The lowest BCUT2D eigenvalue weighted by molar-refractivity contribution is -0.134. The minimum atomic E-state index is -3.55. The summed E-state index contributed by atoms with van der Waals surface area (Å²) in [7, 11) is -3.55. The maximum Gasteiger partial charge on any atom is 0.271 e. The van der Waals surface area contributed by atoms with Gasteiger partial charge in [0.15, 0.2) is 6.61 Å². The highest BCUT2D eigenvalue weighted by Crippen LogP contribution is 2.22. The molecule has 210 valence electrons. The summed E-state index contributed by atoms with van der Waals surface area (Å²) in [6.07, 6.45) is 5.91. The van der Waals surface area contributed by atoms with Gasteiger partial charge in [0.05, 0.1) is 24.7 Å². The first-order valence-corrected chi connectivity index (χ1v) is 15.0. The van der Waals surface area contributed by atoms with E-state index in [2.05, 4.69) is 10.5 Å². The first-order chi connectivity index (χ1) is 19.2. The highest BCUT2D eigenvalue weighted by molar-refractivity contribution is 7.92. The maximum atomic E-state index is 12.6. The molecule has 1 heterocycles. The second kappa shape index (κ2) is 13.3. The van der Waals surface area contributed by atoms with Crippen molar-refractivity contribution in [3.05, 3.63) is 95.1 Å². The van der Waals surface area contributed by atoms with E-state index in [1.807, 2.05) is 36.1 Å². The molecule has 0 bridgehead atoms. The van der Waals surface area contributed by atoms with Crippen LogP contribution in [0.15, 0.2) is 77.9 Å². The van der Waals surface area contributed by atoms with Crippen LogP contribution in [0.3, 0.4) is 0 Å². The smallest absolute Gasteiger partial charge is 0.271 e. The van der Waals surface area contributed by atoms with Gasteiger partial charge < -0.3 is 9.64 Å². The highest BCUT2D eigenvalue weighted by Gasteiger charge is 2.19. The molecule has 1 fully saturated rings. The van der Waals surface area contributed by atoms with Gasteiger partial charge in [-0.1, -0.05) is 24.3 Å². The minimum Gasteiger partial charge on any atom is -0.484 e. The molecule has 1 aliphatic heterocycles.